The fourth-order valence-electron chi connectivity index (χ4n) is 3.17. The second kappa shape index (κ2) is 7.46. The van der Waals surface area contributed by atoms with Crippen molar-refractivity contribution >= 4 is 0 Å². The van der Waals surface area contributed by atoms with E-state index in [9.17, 15) is 4.79 Å². The lowest BCUT2D eigenvalue weighted by molar-refractivity contribution is 0.249. The Morgan fingerprint density at radius 1 is 1.16 bits per heavy atom. The number of nitrogens with zero attached hydrogens (tertiary/aromatic N) is 1. The van der Waals surface area contributed by atoms with E-state index < -0.39 is 0 Å². The Kier molecular flexibility index (Phi) is 5.62. The Labute approximate surface area is 115 Å². The number of rotatable bonds is 6. The molecular weight excluding hydrogens is 236 g/mol. The van der Waals surface area contributed by atoms with E-state index in [4.69, 9.17) is 0 Å². The molecule has 0 radical (unpaired) electrons. The lowest BCUT2D eigenvalue weighted by atomic mass is 9.78. The van der Waals surface area contributed by atoms with Gasteiger partial charge in [0, 0.05) is 6.07 Å². The molecule has 3 nitrogen and oxygen atoms in total. The van der Waals surface area contributed by atoms with Gasteiger partial charge in [-0.05, 0) is 30.7 Å². The van der Waals surface area contributed by atoms with Crippen molar-refractivity contribution in [3.05, 3.63) is 28.2 Å². The molecule has 0 spiro atoms. The number of aryl methyl sites for hydroxylation is 1. The molecule has 1 heterocycles. The summed E-state index contributed by atoms with van der Waals surface area (Å²) < 4.78 is 0. The molecule has 19 heavy (non-hydrogen) atoms. The van der Waals surface area contributed by atoms with Crippen LogP contribution in [0.5, 0.6) is 0 Å². The number of aromatic nitrogens is 2. The summed E-state index contributed by atoms with van der Waals surface area (Å²) in [4.78, 5) is 10.9. The third kappa shape index (κ3) is 4.81. The zero-order valence-electron chi connectivity index (χ0n) is 12.0. The highest BCUT2D eigenvalue weighted by atomic mass is 16.1. The third-order valence-electron chi connectivity index (χ3n) is 4.48. The summed E-state index contributed by atoms with van der Waals surface area (Å²) in [5.74, 6) is 1.86. The van der Waals surface area contributed by atoms with Gasteiger partial charge in [-0.2, -0.15) is 5.10 Å². The van der Waals surface area contributed by atoms with E-state index >= 15 is 0 Å². The molecule has 1 aromatic heterocycles. The van der Waals surface area contributed by atoms with Gasteiger partial charge in [-0.15, -0.1) is 0 Å². The van der Waals surface area contributed by atoms with Crippen LogP contribution in [0, 0.1) is 11.8 Å². The highest BCUT2D eigenvalue weighted by Crippen LogP contribution is 2.33. The minimum Gasteiger partial charge on any atom is -0.268 e. The molecular formula is C16H26N2O. The molecule has 2 rings (SSSR count). The molecule has 3 heteroatoms. The zero-order chi connectivity index (χ0) is 13.5. The number of unbranched alkanes of at least 4 members (excludes halogenated alkanes) is 1. The van der Waals surface area contributed by atoms with Crippen LogP contribution >= 0.6 is 0 Å². The summed E-state index contributed by atoms with van der Waals surface area (Å²) in [6.07, 6.45) is 12.0. The third-order valence-corrected chi connectivity index (χ3v) is 4.48. The second-order valence-corrected chi connectivity index (χ2v) is 5.98. The quantitative estimate of drug-likeness (QED) is 0.849. The van der Waals surface area contributed by atoms with Gasteiger partial charge in [0.05, 0.1) is 5.69 Å². The van der Waals surface area contributed by atoms with Crippen LogP contribution in [0.25, 0.3) is 0 Å². The Morgan fingerprint density at radius 2 is 1.84 bits per heavy atom. The lowest BCUT2D eigenvalue weighted by Crippen LogP contribution is -2.16. The predicted molar refractivity (Wildman–Crippen MR) is 78.2 cm³/mol. The van der Waals surface area contributed by atoms with Crippen molar-refractivity contribution in [3.63, 3.8) is 0 Å². The van der Waals surface area contributed by atoms with Crippen molar-refractivity contribution in [3.8, 4) is 0 Å². The highest BCUT2D eigenvalue weighted by Gasteiger charge is 2.20. The van der Waals surface area contributed by atoms with Crippen molar-refractivity contribution in [2.45, 2.75) is 64.7 Å². The molecule has 0 unspecified atom stereocenters. The highest BCUT2D eigenvalue weighted by molar-refractivity contribution is 4.99. The van der Waals surface area contributed by atoms with Crippen LogP contribution < -0.4 is 5.56 Å². The molecule has 0 bridgehead atoms. The number of aromatic amines is 1. The lowest BCUT2D eigenvalue weighted by Gasteiger charge is -2.28. The SMILES string of the molecule is CCCCC1CCC(CCc2ccc(=O)[nH]n2)CC1. The Balaban J connectivity index is 1.68. The summed E-state index contributed by atoms with van der Waals surface area (Å²) in [5.41, 5.74) is 0.910. The Morgan fingerprint density at radius 3 is 2.42 bits per heavy atom. The summed E-state index contributed by atoms with van der Waals surface area (Å²) in [5, 5.41) is 6.59. The van der Waals surface area contributed by atoms with Crippen LogP contribution in [0.1, 0.15) is 64.0 Å². The zero-order valence-corrected chi connectivity index (χ0v) is 12.0. The van der Waals surface area contributed by atoms with Gasteiger partial charge in [0.1, 0.15) is 0 Å². The van der Waals surface area contributed by atoms with Gasteiger partial charge in [0.2, 0.25) is 0 Å². The van der Waals surface area contributed by atoms with Crippen LogP contribution in [0.2, 0.25) is 0 Å². The molecule has 0 atom stereocenters. The first kappa shape index (κ1) is 14.3. The normalized spacial score (nSPS) is 23.4. The summed E-state index contributed by atoms with van der Waals surface area (Å²) in [6.45, 7) is 2.28. The van der Waals surface area contributed by atoms with Crippen molar-refractivity contribution in [1.29, 1.82) is 0 Å². The van der Waals surface area contributed by atoms with Gasteiger partial charge < -0.3 is 0 Å². The van der Waals surface area contributed by atoms with Crippen LogP contribution in [-0.2, 0) is 6.42 Å². The van der Waals surface area contributed by atoms with E-state index in [0.717, 1.165) is 24.0 Å². The van der Waals surface area contributed by atoms with Gasteiger partial charge in [-0.3, -0.25) is 4.79 Å². The van der Waals surface area contributed by atoms with Crippen molar-refractivity contribution in [1.82, 2.24) is 10.2 Å². The molecule has 1 aliphatic carbocycles. The molecule has 1 aliphatic rings. The fraction of sp³-hybridized carbons (Fsp3) is 0.750. The molecule has 106 valence electrons. The largest absolute Gasteiger partial charge is 0.268 e. The predicted octanol–water partition coefficient (Wildman–Crippen LogP) is 3.70. The Hall–Kier alpha value is -1.12. The van der Waals surface area contributed by atoms with Crippen LogP contribution in [0.15, 0.2) is 16.9 Å². The smallest absolute Gasteiger partial charge is 0.264 e. The number of nitrogens with one attached hydrogen (secondary N) is 1. The van der Waals surface area contributed by atoms with Crippen LogP contribution in [-0.4, -0.2) is 10.2 Å². The van der Waals surface area contributed by atoms with E-state index in [1.54, 1.807) is 6.07 Å². The molecule has 1 saturated carbocycles. The maximum Gasteiger partial charge on any atom is 0.264 e. The van der Waals surface area contributed by atoms with Gasteiger partial charge >= 0.3 is 0 Å². The standard InChI is InChI=1S/C16H26N2O/c1-2-3-4-13-5-7-14(8-6-13)9-10-15-11-12-16(19)18-17-15/h11-14H,2-10H2,1H3,(H,18,19). The van der Waals surface area contributed by atoms with E-state index in [2.05, 4.69) is 17.1 Å². The summed E-state index contributed by atoms with van der Waals surface area (Å²) in [6, 6.07) is 3.43. The van der Waals surface area contributed by atoms with Gasteiger partial charge in [-0.1, -0.05) is 51.9 Å². The van der Waals surface area contributed by atoms with E-state index in [0.29, 0.717) is 0 Å². The molecule has 0 aliphatic heterocycles. The second-order valence-electron chi connectivity index (χ2n) is 5.98. The molecule has 1 N–H and O–H groups in total. The average molecular weight is 262 g/mol. The van der Waals surface area contributed by atoms with Crippen LogP contribution in [0.3, 0.4) is 0 Å². The first-order chi connectivity index (χ1) is 9.28. The first-order valence-corrected chi connectivity index (χ1v) is 7.82. The number of H-pyrrole nitrogens is 1. The summed E-state index contributed by atoms with van der Waals surface area (Å²) in [7, 11) is 0. The van der Waals surface area contributed by atoms with E-state index in [1.165, 1.54) is 51.4 Å². The minimum absolute atomic E-state index is 0.111. The maximum atomic E-state index is 10.9. The van der Waals surface area contributed by atoms with Gasteiger partial charge in [0.15, 0.2) is 0 Å². The molecule has 1 aromatic rings. The molecule has 0 amide bonds. The van der Waals surface area contributed by atoms with Gasteiger partial charge in [0.25, 0.3) is 5.56 Å². The molecule has 1 fully saturated rings. The van der Waals surface area contributed by atoms with Crippen molar-refractivity contribution in [2.24, 2.45) is 11.8 Å². The van der Waals surface area contributed by atoms with Gasteiger partial charge in [-0.25, -0.2) is 5.10 Å². The van der Waals surface area contributed by atoms with E-state index in [-0.39, 0.29) is 5.56 Å². The minimum atomic E-state index is -0.111. The first-order valence-electron chi connectivity index (χ1n) is 7.82. The maximum absolute atomic E-state index is 10.9. The molecule has 0 saturated heterocycles. The fourth-order valence-corrected chi connectivity index (χ4v) is 3.17. The monoisotopic (exact) mass is 262 g/mol. The topological polar surface area (TPSA) is 45.8 Å². The van der Waals surface area contributed by atoms with Crippen molar-refractivity contribution in [2.75, 3.05) is 0 Å². The van der Waals surface area contributed by atoms with Crippen molar-refractivity contribution < 1.29 is 0 Å². The Bertz CT molecular complexity index is 399. The summed E-state index contributed by atoms with van der Waals surface area (Å²) >= 11 is 0. The molecule has 0 aromatic carbocycles. The van der Waals surface area contributed by atoms with E-state index in [1.807, 2.05) is 6.07 Å². The average Bonchev–Trinajstić information content (AvgIpc) is 2.46. The van der Waals surface area contributed by atoms with Crippen LogP contribution in [0.4, 0.5) is 0 Å². The number of hydrogen-bond acceptors (Lipinski definition) is 2. The number of hydrogen-bond donors (Lipinski definition) is 1.